The van der Waals surface area contributed by atoms with Gasteiger partial charge in [-0.3, -0.25) is 0 Å². The van der Waals surface area contributed by atoms with Crippen molar-refractivity contribution in [1.29, 1.82) is 0 Å². The minimum Gasteiger partial charge on any atom is -0.327 e. The van der Waals surface area contributed by atoms with Gasteiger partial charge in [-0.05, 0) is 48.9 Å². The minimum absolute atomic E-state index is 0.0250. The number of hydrogen-bond donors (Lipinski definition) is 1. The van der Waals surface area contributed by atoms with Gasteiger partial charge in [0.2, 0.25) is 0 Å². The van der Waals surface area contributed by atoms with Gasteiger partial charge in [-0.15, -0.1) is 0 Å². The van der Waals surface area contributed by atoms with Crippen molar-refractivity contribution in [3.63, 3.8) is 0 Å². The highest BCUT2D eigenvalue weighted by Crippen LogP contribution is 2.48. The zero-order valence-corrected chi connectivity index (χ0v) is 8.76. The molecule has 0 saturated heterocycles. The highest BCUT2D eigenvalue weighted by Gasteiger charge is 2.46. The topological polar surface area (TPSA) is 26.0 Å². The summed E-state index contributed by atoms with van der Waals surface area (Å²) in [5.41, 5.74) is 5.16. The van der Waals surface area contributed by atoms with Crippen LogP contribution in [0.5, 0.6) is 0 Å². The third-order valence-corrected chi connectivity index (χ3v) is 3.17. The molecule has 0 bridgehead atoms. The molecule has 2 N–H and O–H groups in total. The molecule has 0 heterocycles. The Morgan fingerprint density at radius 2 is 2.13 bits per heavy atom. The lowest BCUT2D eigenvalue weighted by atomic mass is 9.87. The summed E-state index contributed by atoms with van der Waals surface area (Å²) in [7, 11) is 0. The van der Waals surface area contributed by atoms with Crippen LogP contribution in [0.1, 0.15) is 24.0 Å². The van der Waals surface area contributed by atoms with E-state index in [1.807, 2.05) is 0 Å². The number of benzene rings is 1. The molecule has 0 spiro atoms. The van der Waals surface area contributed by atoms with Gasteiger partial charge in [0.15, 0.2) is 5.67 Å². The molecule has 82 valence electrons. The van der Waals surface area contributed by atoms with E-state index in [1.165, 1.54) is 12.1 Å². The summed E-state index contributed by atoms with van der Waals surface area (Å²) in [4.78, 5) is 0. The van der Waals surface area contributed by atoms with Gasteiger partial charge in [-0.2, -0.15) is 0 Å². The van der Waals surface area contributed by atoms with Crippen molar-refractivity contribution in [3.05, 3.63) is 35.1 Å². The van der Waals surface area contributed by atoms with E-state index in [-0.39, 0.29) is 12.5 Å². The van der Waals surface area contributed by atoms with Gasteiger partial charge in [-0.25, -0.2) is 8.78 Å². The van der Waals surface area contributed by atoms with Gasteiger partial charge in [0.25, 0.3) is 0 Å². The van der Waals surface area contributed by atoms with E-state index >= 15 is 0 Å². The summed E-state index contributed by atoms with van der Waals surface area (Å²) in [5.74, 6) is -0.422. The van der Waals surface area contributed by atoms with Crippen molar-refractivity contribution in [2.75, 3.05) is 6.54 Å². The molecule has 1 fully saturated rings. The van der Waals surface area contributed by atoms with E-state index in [4.69, 9.17) is 5.73 Å². The van der Waals surface area contributed by atoms with Gasteiger partial charge in [-0.1, -0.05) is 6.07 Å². The second-order valence-corrected chi connectivity index (χ2v) is 4.30. The Bertz CT molecular complexity index is 374. The molecule has 0 aromatic heterocycles. The van der Waals surface area contributed by atoms with Crippen molar-refractivity contribution in [2.45, 2.75) is 25.4 Å². The molecular formula is C12H15F2N. The van der Waals surface area contributed by atoms with Crippen LogP contribution in [0.15, 0.2) is 18.2 Å². The normalized spacial score (nSPS) is 20.0. The highest BCUT2D eigenvalue weighted by atomic mass is 19.1. The summed E-state index contributed by atoms with van der Waals surface area (Å²) in [5, 5.41) is 0. The molecule has 0 radical (unpaired) electrons. The van der Waals surface area contributed by atoms with Gasteiger partial charge in [0.05, 0.1) is 0 Å². The van der Waals surface area contributed by atoms with Crippen LogP contribution in [-0.2, 0) is 5.67 Å². The number of rotatable bonds is 3. The van der Waals surface area contributed by atoms with Crippen LogP contribution in [0.2, 0.25) is 0 Å². The monoisotopic (exact) mass is 211 g/mol. The standard InChI is InChI=1S/C12H15F2N/c1-8-2-5-10(13)6-11(8)12(14,7-15)9-3-4-9/h2,5-6,9H,3-4,7,15H2,1H3. The quantitative estimate of drug-likeness (QED) is 0.817. The number of aryl methyl sites for hydroxylation is 1. The molecular weight excluding hydrogens is 196 g/mol. The average Bonchev–Trinajstić information content (AvgIpc) is 3.04. The number of nitrogens with two attached hydrogens (primary N) is 1. The Hall–Kier alpha value is -0.960. The minimum atomic E-state index is -1.54. The molecule has 0 amide bonds. The van der Waals surface area contributed by atoms with Crippen molar-refractivity contribution in [2.24, 2.45) is 11.7 Å². The summed E-state index contributed by atoms with van der Waals surface area (Å²) >= 11 is 0. The van der Waals surface area contributed by atoms with Crippen molar-refractivity contribution in [3.8, 4) is 0 Å². The maximum absolute atomic E-state index is 14.6. The first-order chi connectivity index (χ1) is 7.08. The van der Waals surface area contributed by atoms with Crippen LogP contribution in [0.4, 0.5) is 8.78 Å². The SMILES string of the molecule is Cc1ccc(F)cc1C(F)(CN)C1CC1. The van der Waals surface area contributed by atoms with E-state index in [1.54, 1.807) is 13.0 Å². The van der Waals surface area contributed by atoms with Crippen molar-refractivity contribution < 1.29 is 8.78 Å². The zero-order valence-electron chi connectivity index (χ0n) is 8.76. The van der Waals surface area contributed by atoms with Crippen LogP contribution in [0.3, 0.4) is 0 Å². The van der Waals surface area contributed by atoms with E-state index in [0.29, 0.717) is 5.56 Å². The van der Waals surface area contributed by atoms with Gasteiger partial charge in [0.1, 0.15) is 5.82 Å². The van der Waals surface area contributed by atoms with Crippen LogP contribution < -0.4 is 5.73 Å². The zero-order chi connectivity index (χ0) is 11.1. The average molecular weight is 211 g/mol. The van der Waals surface area contributed by atoms with Gasteiger partial charge >= 0.3 is 0 Å². The molecule has 1 aromatic carbocycles. The molecule has 1 aliphatic carbocycles. The number of halogens is 2. The Morgan fingerprint density at radius 1 is 1.47 bits per heavy atom. The smallest absolute Gasteiger partial charge is 0.151 e. The number of hydrogen-bond acceptors (Lipinski definition) is 1. The fraction of sp³-hybridized carbons (Fsp3) is 0.500. The molecule has 1 atom stereocenters. The molecule has 15 heavy (non-hydrogen) atoms. The first kappa shape index (κ1) is 10.6. The Labute approximate surface area is 88.3 Å². The van der Waals surface area contributed by atoms with Crippen LogP contribution in [0, 0.1) is 18.7 Å². The molecule has 3 heteroatoms. The van der Waals surface area contributed by atoms with E-state index in [0.717, 1.165) is 18.4 Å². The predicted molar refractivity (Wildman–Crippen MR) is 55.7 cm³/mol. The first-order valence-corrected chi connectivity index (χ1v) is 5.23. The molecule has 1 aromatic rings. The van der Waals surface area contributed by atoms with Crippen LogP contribution in [0.25, 0.3) is 0 Å². The fourth-order valence-corrected chi connectivity index (χ4v) is 2.08. The van der Waals surface area contributed by atoms with Gasteiger partial charge < -0.3 is 5.73 Å². The molecule has 1 nitrogen and oxygen atoms in total. The van der Waals surface area contributed by atoms with Crippen LogP contribution in [-0.4, -0.2) is 6.54 Å². The Morgan fingerprint density at radius 3 is 2.67 bits per heavy atom. The molecule has 1 saturated carbocycles. The number of alkyl halides is 1. The lowest BCUT2D eigenvalue weighted by molar-refractivity contribution is 0.141. The van der Waals surface area contributed by atoms with Gasteiger partial charge in [0, 0.05) is 6.54 Å². The second kappa shape index (κ2) is 3.56. The summed E-state index contributed by atoms with van der Waals surface area (Å²) < 4.78 is 27.7. The molecule has 1 aliphatic rings. The molecule has 1 unspecified atom stereocenters. The molecule has 0 aliphatic heterocycles. The maximum Gasteiger partial charge on any atom is 0.151 e. The highest BCUT2D eigenvalue weighted by molar-refractivity contribution is 5.34. The summed E-state index contributed by atoms with van der Waals surface area (Å²) in [6.45, 7) is 1.73. The molecule has 2 rings (SSSR count). The summed E-state index contributed by atoms with van der Waals surface area (Å²) in [6, 6.07) is 4.24. The maximum atomic E-state index is 14.6. The van der Waals surface area contributed by atoms with Crippen molar-refractivity contribution in [1.82, 2.24) is 0 Å². The van der Waals surface area contributed by atoms with E-state index in [9.17, 15) is 8.78 Å². The fourth-order valence-electron chi connectivity index (χ4n) is 2.08. The van der Waals surface area contributed by atoms with E-state index < -0.39 is 11.5 Å². The Balaban J connectivity index is 2.45. The third-order valence-electron chi connectivity index (χ3n) is 3.17. The predicted octanol–water partition coefficient (Wildman–Crippen LogP) is 2.67. The van der Waals surface area contributed by atoms with Crippen LogP contribution >= 0.6 is 0 Å². The Kier molecular flexibility index (Phi) is 2.51. The largest absolute Gasteiger partial charge is 0.327 e. The van der Waals surface area contributed by atoms with E-state index in [2.05, 4.69) is 0 Å². The van der Waals surface area contributed by atoms with Crippen molar-refractivity contribution >= 4 is 0 Å². The third kappa shape index (κ3) is 1.76. The first-order valence-electron chi connectivity index (χ1n) is 5.23. The summed E-state index contributed by atoms with van der Waals surface area (Å²) in [6.07, 6.45) is 1.70. The lowest BCUT2D eigenvalue weighted by Crippen LogP contribution is -2.33. The lowest BCUT2D eigenvalue weighted by Gasteiger charge is -2.25. The second-order valence-electron chi connectivity index (χ2n) is 4.30.